The number of fused-ring (bicyclic) bond motifs is 7. The molecular formula is C56H43N4Pt-3. The summed E-state index contributed by atoms with van der Waals surface area (Å²) in [5.74, 6) is 1.07. The van der Waals surface area contributed by atoms with Crippen LogP contribution in [0.3, 0.4) is 0 Å². The molecule has 5 heteroatoms. The average molecular weight is 970 g/mol. The van der Waals surface area contributed by atoms with Crippen LogP contribution in [-0.2, 0) is 26.5 Å². The molecule has 0 spiro atoms. The van der Waals surface area contributed by atoms with Gasteiger partial charge >= 0.3 is 0 Å². The Labute approximate surface area is 375 Å². The summed E-state index contributed by atoms with van der Waals surface area (Å²) in [4.78, 5) is 10.6. The fourth-order valence-electron chi connectivity index (χ4n) is 9.07. The monoisotopic (exact) mass is 969 g/mol. The molecule has 0 saturated carbocycles. The summed E-state index contributed by atoms with van der Waals surface area (Å²) in [5, 5.41) is 4.41. The molecule has 0 radical (unpaired) electrons. The van der Waals surface area contributed by atoms with Gasteiger partial charge in [0, 0.05) is 47.4 Å². The molecule has 0 aliphatic carbocycles. The topological polar surface area (TPSA) is 36.9 Å². The van der Waals surface area contributed by atoms with E-state index in [4.69, 9.17) is 14.1 Å². The first-order valence-corrected chi connectivity index (χ1v) is 20.6. The first kappa shape index (κ1) is 35.3. The molecule has 0 fully saturated rings. The Morgan fingerprint density at radius 2 is 1.43 bits per heavy atom. The first-order chi connectivity index (χ1) is 30.5. The van der Waals surface area contributed by atoms with Gasteiger partial charge in [0.1, 0.15) is 5.82 Å². The predicted octanol–water partition coefficient (Wildman–Crippen LogP) is 14.1. The van der Waals surface area contributed by atoms with Crippen molar-refractivity contribution < 1.29 is 25.2 Å². The van der Waals surface area contributed by atoms with Gasteiger partial charge in [0.25, 0.3) is 0 Å². The van der Waals surface area contributed by atoms with Crippen molar-refractivity contribution in [2.75, 3.05) is 0 Å². The summed E-state index contributed by atoms with van der Waals surface area (Å²) in [7, 11) is 0. The van der Waals surface area contributed by atoms with E-state index in [9.17, 15) is 0 Å². The van der Waals surface area contributed by atoms with Crippen LogP contribution in [0.25, 0.3) is 88.5 Å². The van der Waals surface area contributed by atoms with E-state index in [0.29, 0.717) is 5.92 Å². The van der Waals surface area contributed by atoms with Gasteiger partial charge < -0.3 is 9.55 Å². The van der Waals surface area contributed by atoms with E-state index in [0.717, 1.165) is 88.5 Å². The van der Waals surface area contributed by atoms with Crippen molar-refractivity contribution in [3.05, 3.63) is 198 Å². The summed E-state index contributed by atoms with van der Waals surface area (Å²) in [6, 6.07) is 63.8. The zero-order valence-corrected chi connectivity index (χ0v) is 36.5. The van der Waals surface area contributed by atoms with Gasteiger partial charge in [0.15, 0.2) is 0 Å². The van der Waals surface area contributed by atoms with Crippen molar-refractivity contribution in [2.24, 2.45) is 0 Å². The van der Waals surface area contributed by atoms with E-state index in [1.165, 1.54) is 16.7 Å². The molecule has 11 aromatic rings. The number of imidazole rings is 1. The number of aryl methyl sites for hydroxylation is 1. The molecule has 4 nitrogen and oxygen atoms in total. The molecule has 300 valence electrons. The SMILES string of the molecule is [2H]C([2H])([2H])c1ccc(-n2c(-c3cccc4c3[n-]c3ccccc34)nc3c(-c4[c-]c5c(cc4)c4cc(C(C)(C)c6ccccc6)ccc4n5-c4[c-]ccc(C(C)C)c4)cccc32)cc1.[Pt]. The van der Waals surface area contributed by atoms with E-state index < -0.39 is 6.85 Å². The third-order valence-electron chi connectivity index (χ3n) is 12.4. The van der Waals surface area contributed by atoms with E-state index in [2.05, 4.69) is 164 Å². The second-order valence-electron chi connectivity index (χ2n) is 16.7. The van der Waals surface area contributed by atoms with Crippen LogP contribution >= 0.6 is 0 Å². The third kappa shape index (κ3) is 6.27. The Balaban J connectivity index is 0.00000484. The molecule has 8 aromatic carbocycles. The van der Waals surface area contributed by atoms with Crippen LogP contribution in [0.1, 0.15) is 60.0 Å². The Morgan fingerprint density at radius 3 is 2.25 bits per heavy atom. The summed E-state index contributed by atoms with van der Waals surface area (Å²) in [6.45, 7) is 6.80. The van der Waals surface area contributed by atoms with Crippen LogP contribution in [0, 0.1) is 19.0 Å². The zero-order chi connectivity index (χ0) is 43.2. The molecule has 0 aliphatic heterocycles. The minimum atomic E-state index is -2.22. The normalized spacial score (nSPS) is 13.0. The van der Waals surface area contributed by atoms with Gasteiger partial charge in [-0.25, -0.2) is 4.98 Å². The van der Waals surface area contributed by atoms with Crippen molar-refractivity contribution in [1.82, 2.24) is 19.1 Å². The number of nitrogens with zero attached hydrogens (tertiary/aromatic N) is 4. The van der Waals surface area contributed by atoms with E-state index in [1.54, 1.807) is 12.1 Å². The third-order valence-corrected chi connectivity index (χ3v) is 12.4. The maximum atomic E-state index is 8.06. The van der Waals surface area contributed by atoms with Crippen LogP contribution in [-0.4, -0.2) is 14.1 Å². The number of para-hydroxylation sites is 3. The minimum Gasteiger partial charge on any atom is -0.656 e. The Morgan fingerprint density at radius 1 is 0.656 bits per heavy atom. The molecular weight excluding hydrogens is 924 g/mol. The van der Waals surface area contributed by atoms with Crippen molar-refractivity contribution >= 4 is 54.6 Å². The van der Waals surface area contributed by atoms with Crippen molar-refractivity contribution in [3.8, 4) is 33.9 Å². The molecule has 0 N–H and O–H groups in total. The summed E-state index contributed by atoms with van der Waals surface area (Å²) in [5.41, 5.74) is 13.9. The van der Waals surface area contributed by atoms with Crippen molar-refractivity contribution in [2.45, 2.75) is 45.9 Å². The first-order valence-electron chi connectivity index (χ1n) is 22.1. The largest absolute Gasteiger partial charge is 0.656 e. The standard InChI is InChI=1S/C56H43N4.Pt/c1-35(2)37-14-11-17-42(32-37)59-50-31-27-40(56(4,5)39-15-7-6-8-16-39)34-48(50)45-30-26-38(33-52(45)59)43-19-13-23-51-54(43)58-55(60(51)41-28-24-36(3)25-29-41)47-21-12-20-46-44-18-9-10-22-49(44)57-53(46)47;/h6-16,18-32,34-35H,1-5H3;/q-3;/i3D3;. The van der Waals surface area contributed by atoms with E-state index >= 15 is 0 Å². The fourth-order valence-corrected chi connectivity index (χ4v) is 9.07. The number of aromatic nitrogens is 4. The van der Waals surface area contributed by atoms with Crippen LogP contribution in [0.4, 0.5) is 0 Å². The quantitative estimate of drug-likeness (QED) is 0.149. The second kappa shape index (κ2) is 14.9. The molecule has 0 unspecified atom stereocenters. The Bertz CT molecular complexity index is 3560. The zero-order valence-electron chi connectivity index (χ0n) is 37.3. The number of benzene rings is 8. The van der Waals surface area contributed by atoms with Gasteiger partial charge in [0.2, 0.25) is 0 Å². The van der Waals surface area contributed by atoms with Gasteiger partial charge in [-0.2, -0.15) is 23.8 Å². The Hall–Kier alpha value is -6.48. The maximum Gasteiger partial charge on any atom is 0.143 e. The molecule has 0 bridgehead atoms. The van der Waals surface area contributed by atoms with Crippen molar-refractivity contribution in [3.63, 3.8) is 0 Å². The van der Waals surface area contributed by atoms with Crippen LogP contribution < -0.4 is 4.98 Å². The number of hydrogen-bond donors (Lipinski definition) is 0. The average Bonchev–Trinajstić information content (AvgIpc) is 3.98. The fraction of sp³-hybridized carbons (Fsp3) is 0.125. The molecule has 61 heavy (non-hydrogen) atoms. The minimum absolute atomic E-state index is 0. The van der Waals surface area contributed by atoms with Crippen LogP contribution in [0.5, 0.6) is 0 Å². The summed E-state index contributed by atoms with van der Waals surface area (Å²) < 4.78 is 28.6. The second-order valence-corrected chi connectivity index (χ2v) is 16.7. The van der Waals surface area contributed by atoms with E-state index in [-0.39, 0.29) is 32.0 Å². The molecule has 0 saturated heterocycles. The maximum absolute atomic E-state index is 8.06. The van der Waals surface area contributed by atoms with Gasteiger partial charge in [-0.3, -0.25) is 4.57 Å². The van der Waals surface area contributed by atoms with Crippen molar-refractivity contribution in [1.29, 1.82) is 0 Å². The smallest absolute Gasteiger partial charge is 0.143 e. The predicted molar refractivity (Wildman–Crippen MR) is 250 cm³/mol. The van der Waals surface area contributed by atoms with Gasteiger partial charge in [0.05, 0.1) is 11.0 Å². The van der Waals surface area contributed by atoms with Crippen LogP contribution in [0.15, 0.2) is 164 Å². The molecule has 3 heterocycles. The van der Waals surface area contributed by atoms with Gasteiger partial charge in [-0.15, -0.1) is 40.9 Å². The molecule has 0 amide bonds. The summed E-state index contributed by atoms with van der Waals surface area (Å²) in [6.07, 6.45) is 0. The van der Waals surface area contributed by atoms with Gasteiger partial charge in [-0.05, 0) is 69.8 Å². The molecule has 3 aromatic heterocycles. The molecule has 0 atom stereocenters. The molecule has 11 rings (SSSR count). The summed E-state index contributed by atoms with van der Waals surface area (Å²) >= 11 is 0. The van der Waals surface area contributed by atoms with E-state index in [1.807, 2.05) is 36.4 Å². The van der Waals surface area contributed by atoms with Gasteiger partial charge in [-0.1, -0.05) is 159 Å². The van der Waals surface area contributed by atoms with Crippen LogP contribution in [0.2, 0.25) is 0 Å². The Kier molecular flexibility index (Phi) is 8.62. The number of hydrogen-bond acceptors (Lipinski definition) is 1. The molecule has 0 aliphatic rings. The number of rotatable bonds is 7.